The van der Waals surface area contributed by atoms with Gasteiger partial charge < -0.3 is 0 Å². The average Bonchev–Trinajstić information content (AvgIpc) is 2.22. The van der Waals surface area contributed by atoms with Crippen molar-refractivity contribution >= 4 is 7.82 Å². The number of phosphoric acid groups is 1. The van der Waals surface area contributed by atoms with Gasteiger partial charge in [-0.1, -0.05) is 5.92 Å². The van der Waals surface area contributed by atoms with E-state index in [1.165, 1.54) is 7.11 Å². The Labute approximate surface area is 71.8 Å². The van der Waals surface area contributed by atoms with Gasteiger partial charge in [0.25, 0.3) is 0 Å². The lowest BCUT2D eigenvalue weighted by Gasteiger charge is -2.17. The molecule has 0 aromatic carbocycles. The van der Waals surface area contributed by atoms with Crippen molar-refractivity contribution in [1.29, 1.82) is 0 Å². The van der Waals surface area contributed by atoms with E-state index in [0.717, 1.165) is 0 Å². The van der Waals surface area contributed by atoms with E-state index in [9.17, 15) is 4.57 Å². The minimum Gasteiger partial charge on any atom is -0.290 e. The van der Waals surface area contributed by atoms with Crippen LogP contribution < -0.4 is 0 Å². The van der Waals surface area contributed by atoms with E-state index in [1.807, 2.05) is 0 Å². The molecule has 1 fully saturated rings. The molecule has 68 valence electrons. The van der Waals surface area contributed by atoms with E-state index < -0.39 is 19.5 Å². The Balaban J connectivity index is 2.89. The molecular weight excluding hydrogens is 179 g/mol. The zero-order valence-corrected chi connectivity index (χ0v) is 8.13. The highest BCUT2D eigenvalue weighted by atomic mass is 31.2. The molecule has 1 heterocycles. The van der Waals surface area contributed by atoms with Crippen LogP contribution in [0.5, 0.6) is 0 Å². The van der Waals surface area contributed by atoms with Gasteiger partial charge >= 0.3 is 7.82 Å². The maximum Gasteiger partial charge on any atom is 0.476 e. The third-order valence-electron chi connectivity index (χ3n) is 1.59. The van der Waals surface area contributed by atoms with Gasteiger partial charge in [0.05, 0.1) is 0 Å². The van der Waals surface area contributed by atoms with Crippen LogP contribution in [0, 0.1) is 12.3 Å². The summed E-state index contributed by atoms with van der Waals surface area (Å²) in [6.07, 6.45) is 4.53. The predicted molar refractivity (Wildman–Crippen MR) is 43.5 cm³/mol. The molecule has 1 saturated heterocycles. The molecule has 2 atom stereocenters. The molecule has 0 spiro atoms. The van der Waals surface area contributed by atoms with Crippen molar-refractivity contribution in [2.75, 3.05) is 7.11 Å². The number of rotatable bonds is 1. The quantitative estimate of drug-likeness (QED) is 0.465. The third-order valence-corrected chi connectivity index (χ3v) is 3.20. The average molecular weight is 190 g/mol. The van der Waals surface area contributed by atoms with Crippen molar-refractivity contribution < 1.29 is 18.1 Å². The molecule has 0 amide bonds. The van der Waals surface area contributed by atoms with Gasteiger partial charge in [-0.2, -0.15) is 0 Å². The molecule has 0 radical (unpaired) electrons. The van der Waals surface area contributed by atoms with Gasteiger partial charge in [0.2, 0.25) is 0 Å². The Kier molecular flexibility index (Phi) is 2.33. The maximum absolute atomic E-state index is 11.4. The van der Waals surface area contributed by atoms with Crippen molar-refractivity contribution in [3.63, 3.8) is 0 Å². The second-order valence-electron chi connectivity index (χ2n) is 2.98. The fourth-order valence-electron chi connectivity index (χ4n) is 0.925. The maximum atomic E-state index is 11.4. The van der Waals surface area contributed by atoms with Crippen LogP contribution in [0.3, 0.4) is 0 Å². The Bertz CT molecular complexity index is 265. The lowest BCUT2D eigenvalue weighted by atomic mass is 10.0. The van der Waals surface area contributed by atoms with Gasteiger partial charge in [-0.05, 0) is 13.8 Å². The topological polar surface area (TPSA) is 44.8 Å². The summed E-state index contributed by atoms with van der Waals surface area (Å²) in [5.41, 5.74) is -0.750. The molecular formula is C7H11O4P. The molecule has 1 aliphatic rings. The lowest BCUT2D eigenvalue weighted by Crippen LogP contribution is -2.31. The first-order chi connectivity index (χ1) is 5.43. The van der Waals surface area contributed by atoms with Crippen LogP contribution in [0.25, 0.3) is 0 Å². The number of hydrogen-bond donors (Lipinski definition) is 0. The van der Waals surface area contributed by atoms with Crippen LogP contribution in [0.2, 0.25) is 0 Å². The molecule has 2 unspecified atom stereocenters. The molecule has 12 heavy (non-hydrogen) atoms. The second kappa shape index (κ2) is 2.86. The molecule has 5 heteroatoms. The van der Waals surface area contributed by atoms with E-state index in [1.54, 1.807) is 13.8 Å². The van der Waals surface area contributed by atoms with Crippen LogP contribution >= 0.6 is 7.82 Å². The molecule has 1 rings (SSSR count). The van der Waals surface area contributed by atoms with Crippen LogP contribution in [0.4, 0.5) is 0 Å². The van der Waals surface area contributed by atoms with Crippen LogP contribution in [-0.2, 0) is 18.1 Å². The summed E-state index contributed by atoms with van der Waals surface area (Å²) in [4.78, 5) is 0. The fourth-order valence-corrected chi connectivity index (χ4v) is 2.37. The van der Waals surface area contributed by atoms with Gasteiger partial charge in [-0.3, -0.25) is 13.6 Å². The first-order valence-corrected chi connectivity index (χ1v) is 4.90. The molecule has 0 aliphatic carbocycles. The van der Waals surface area contributed by atoms with E-state index in [2.05, 4.69) is 10.4 Å². The standard InChI is InChI=1S/C7H11O4P/c1-5-6-7(2,3)11-12(8,9-4)10-6/h1,6H,2-4H3. The van der Waals surface area contributed by atoms with Crippen LogP contribution in [0.15, 0.2) is 0 Å². The molecule has 0 saturated carbocycles. The minimum atomic E-state index is -3.39. The summed E-state index contributed by atoms with van der Waals surface area (Å²) >= 11 is 0. The van der Waals surface area contributed by atoms with E-state index in [-0.39, 0.29) is 0 Å². The van der Waals surface area contributed by atoms with E-state index >= 15 is 0 Å². The Hall–Kier alpha value is -0.330. The first-order valence-electron chi connectivity index (χ1n) is 3.44. The summed E-state index contributed by atoms with van der Waals surface area (Å²) in [5.74, 6) is 2.34. The van der Waals surface area contributed by atoms with Gasteiger partial charge in [0.1, 0.15) is 5.60 Å². The first kappa shape index (κ1) is 9.76. The summed E-state index contributed by atoms with van der Waals surface area (Å²) < 4.78 is 26.0. The monoisotopic (exact) mass is 190 g/mol. The van der Waals surface area contributed by atoms with Crippen LogP contribution in [-0.4, -0.2) is 18.8 Å². The minimum absolute atomic E-state index is 0.622. The highest BCUT2D eigenvalue weighted by Gasteiger charge is 2.50. The molecule has 1 aliphatic heterocycles. The van der Waals surface area contributed by atoms with Crippen molar-refractivity contribution in [3.8, 4) is 12.3 Å². The summed E-state index contributed by atoms with van der Waals surface area (Å²) in [7, 11) is -2.13. The van der Waals surface area contributed by atoms with E-state index in [4.69, 9.17) is 15.5 Å². The highest BCUT2D eigenvalue weighted by molar-refractivity contribution is 7.48. The summed E-state index contributed by atoms with van der Waals surface area (Å²) in [6.45, 7) is 3.41. The Morgan fingerprint density at radius 1 is 1.67 bits per heavy atom. The molecule has 0 aromatic heterocycles. The molecule has 0 bridgehead atoms. The zero-order valence-electron chi connectivity index (χ0n) is 7.23. The molecule has 0 N–H and O–H groups in total. The zero-order chi connectivity index (χ0) is 9.41. The fraction of sp³-hybridized carbons (Fsp3) is 0.714. The van der Waals surface area contributed by atoms with Gasteiger partial charge in [0.15, 0.2) is 6.10 Å². The highest BCUT2D eigenvalue weighted by Crippen LogP contribution is 2.60. The van der Waals surface area contributed by atoms with Crippen molar-refractivity contribution in [3.05, 3.63) is 0 Å². The van der Waals surface area contributed by atoms with E-state index in [0.29, 0.717) is 0 Å². The lowest BCUT2D eigenvalue weighted by molar-refractivity contribution is 0.100. The summed E-state index contributed by atoms with van der Waals surface area (Å²) in [6, 6.07) is 0. The van der Waals surface area contributed by atoms with Crippen molar-refractivity contribution in [2.45, 2.75) is 25.6 Å². The largest absolute Gasteiger partial charge is 0.476 e. The van der Waals surface area contributed by atoms with Crippen molar-refractivity contribution in [2.24, 2.45) is 0 Å². The SMILES string of the molecule is C#CC1OP(=O)(OC)OC1(C)C. The normalized spacial score (nSPS) is 39.3. The Morgan fingerprint density at radius 2 is 2.25 bits per heavy atom. The molecule has 0 aromatic rings. The predicted octanol–water partition coefficient (Wildman–Crippen LogP) is 1.57. The molecule has 4 nitrogen and oxygen atoms in total. The number of phosphoric ester groups is 1. The van der Waals surface area contributed by atoms with Gasteiger partial charge in [-0.15, -0.1) is 6.42 Å². The number of hydrogen-bond acceptors (Lipinski definition) is 4. The van der Waals surface area contributed by atoms with Gasteiger partial charge in [-0.25, -0.2) is 4.57 Å². The second-order valence-corrected chi connectivity index (χ2v) is 4.63. The number of terminal acetylenes is 1. The van der Waals surface area contributed by atoms with Gasteiger partial charge in [0, 0.05) is 7.11 Å². The Morgan fingerprint density at radius 3 is 2.50 bits per heavy atom. The third kappa shape index (κ3) is 1.55. The van der Waals surface area contributed by atoms with Crippen LogP contribution in [0.1, 0.15) is 13.8 Å². The summed E-state index contributed by atoms with van der Waals surface area (Å²) in [5, 5.41) is 0. The van der Waals surface area contributed by atoms with Crippen molar-refractivity contribution in [1.82, 2.24) is 0 Å². The smallest absolute Gasteiger partial charge is 0.290 e.